The van der Waals surface area contributed by atoms with Crippen molar-refractivity contribution in [3.63, 3.8) is 0 Å². The average molecular weight is 306 g/mol. The van der Waals surface area contributed by atoms with Crippen LogP contribution in [0.2, 0.25) is 0 Å². The molecule has 3 heteroatoms. The molecule has 94 valence electrons. The summed E-state index contributed by atoms with van der Waals surface area (Å²) < 4.78 is 6.96. The molecule has 2 rings (SSSR count). The van der Waals surface area contributed by atoms with Gasteiger partial charge < -0.3 is 10.1 Å². The number of hydrogen-bond acceptors (Lipinski definition) is 2. The Morgan fingerprint density at radius 3 is 2.56 bits per heavy atom. The van der Waals surface area contributed by atoms with Crippen molar-refractivity contribution in [1.82, 2.24) is 5.32 Å². The summed E-state index contributed by atoms with van der Waals surface area (Å²) in [6.45, 7) is 1.37. The molecule has 0 atom stereocenters. The first kappa shape index (κ1) is 13.1. The van der Waals surface area contributed by atoms with Crippen LogP contribution < -0.4 is 10.1 Å². The van der Waals surface area contributed by atoms with Crippen molar-refractivity contribution in [2.45, 2.75) is 13.2 Å². The van der Waals surface area contributed by atoms with E-state index in [2.05, 4.69) is 33.4 Å². The van der Waals surface area contributed by atoms with E-state index < -0.39 is 0 Å². The Labute approximate surface area is 116 Å². The van der Waals surface area contributed by atoms with Gasteiger partial charge in [0, 0.05) is 16.6 Å². The fourth-order valence-corrected chi connectivity index (χ4v) is 2.25. The van der Waals surface area contributed by atoms with E-state index in [-0.39, 0.29) is 0 Å². The van der Waals surface area contributed by atoms with Gasteiger partial charge in [0.2, 0.25) is 0 Å². The Bertz CT molecular complexity index is 499. The molecule has 0 aromatic heterocycles. The lowest BCUT2D eigenvalue weighted by atomic mass is 10.2. The quantitative estimate of drug-likeness (QED) is 0.908. The van der Waals surface area contributed by atoms with Crippen molar-refractivity contribution in [1.29, 1.82) is 0 Å². The summed E-state index contributed by atoms with van der Waals surface area (Å²) >= 11 is 3.55. The molecule has 0 amide bonds. The third-order valence-electron chi connectivity index (χ3n) is 2.67. The molecule has 0 saturated heterocycles. The molecule has 0 aliphatic heterocycles. The minimum absolute atomic E-state index is 0.591. The lowest BCUT2D eigenvalue weighted by molar-refractivity contribution is 0.302. The van der Waals surface area contributed by atoms with E-state index in [0.717, 1.165) is 22.3 Å². The molecule has 0 spiro atoms. The highest BCUT2D eigenvalue weighted by Crippen LogP contribution is 2.27. The van der Waals surface area contributed by atoms with Crippen molar-refractivity contribution in [3.05, 3.63) is 64.1 Å². The van der Waals surface area contributed by atoms with Gasteiger partial charge in [-0.3, -0.25) is 0 Å². The normalized spacial score (nSPS) is 10.3. The molecule has 0 unspecified atom stereocenters. The second kappa shape index (κ2) is 6.57. The topological polar surface area (TPSA) is 21.3 Å². The molecule has 0 fully saturated rings. The van der Waals surface area contributed by atoms with E-state index in [4.69, 9.17) is 4.74 Å². The Balaban J connectivity index is 2.11. The average Bonchev–Trinajstić information content (AvgIpc) is 2.41. The van der Waals surface area contributed by atoms with Crippen LogP contribution in [0.5, 0.6) is 5.75 Å². The van der Waals surface area contributed by atoms with Gasteiger partial charge in [0.1, 0.15) is 12.4 Å². The third-order valence-corrected chi connectivity index (χ3v) is 3.41. The predicted molar refractivity (Wildman–Crippen MR) is 77.7 cm³/mol. The Kier molecular flexibility index (Phi) is 4.79. The van der Waals surface area contributed by atoms with Crippen LogP contribution in [0.25, 0.3) is 0 Å². The first-order valence-corrected chi connectivity index (χ1v) is 6.69. The number of rotatable bonds is 5. The molecule has 0 radical (unpaired) electrons. The largest absolute Gasteiger partial charge is 0.489 e. The maximum Gasteiger partial charge on any atom is 0.125 e. The van der Waals surface area contributed by atoms with Crippen LogP contribution in [0.4, 0.5) is 0 Å². The highest BCUT2D eigenvalue weighted by Gasteiger charge is 2.07. The van der Waals surface area contributed by atoms with E-state index in [1.54, 1.807) is 0 Å². The molecule has 0 bridgehead atoms. The summed E-state index contributed by atoms with van der Waals surface area (Å²) in [6.07, 6.45) is 0. The van der Waals surface area contributed by atoms with Gasteiger partial charge in [-0.05, 0) is 24.7 Å². The van der Waals surface area contributed by atoms with Gasteiger partial charge in [0.05, 0.1) is 0 Å². The van der Waals surface area contributed by atoms with Crippen molar-refractivity contribution >= 4 is 15.9 Å². The SMILES string of the molecule is CNCc1c(Br)cccc1OCc1ccccc1. The van der Waals surface area contributed by atoms with Crippen molar-refractivity contribution in [2.75, 3.05) is 7.05 Å². The zero-order chi connectivity index (χ0) is 12.8. The first-order chi connectivity index (χ1) is 8.81. The predicted octanol–water partition coefficient (Wildman–Crippen LogP) is 3.75. The van der Waals surface area contributed by atoms with Crippen LogP contribution in [0.15, 0.2) is 53.0 Å². The molecule has 0 saturated carbocycles. The van der Waals surface area contributed by atoms with E-state index in [9.17, 15) is 0 Å². The fourth-order valence-electron chi connectivity index (χ4n) is 1.76. The summed E-state index contributed by atoms with van der Waals surface area (Å²) in [5, 5.41) is 3.15. The molecule has 2 aromatic rings. The second-order valence-corrected chi connectivity index (χ2v) is 4.88. The number of hydrogen-bond donors (Lipinski definition) is 1. The Morgan fingerprint density at radius 2 is 1.83 bits per heavy atom. The van der Waals surface area contributed by atoms with E-state index in [0.29, 0.717) is 6.61 Å². The molecule has 18 heavy (non-hydrogen) atoms. The summed E-state index contributed by atoms with van der Waals surface area (Å²) in [4.78, 5) is 0. The lowest BCUT2D eigenvalue weighted by Crippen LogP contribution is -2.08. The van der Waals surface area contributed by atoms with Crippen molar-refractivity contribution < 1.29 is 4.74 Å². The van der Waals surface area contributed by atoms with Gasteiger partial charge >= 0.3 is 0 Å². The van der Waals surface area contributed by atoms with Crippen molar-refractivity contribution in [3.8, 4) is 5.75 Å². The smallest absolute Gasteiger partial charge is 0.125 e. The maximum absolute atomic E-state index is 5.89. The van der Waals surface area contributed by atoms with Gasteiger partial charge in [0.15, 0.2) is 0 Å². The number of halogens is 1. The van der Waals surface area contributed by atoms with E-state index in [1.165, 1.54) is 5.56 Å². The molecule has 2 nitrogen and oxygen atoms in total. The minimum atomic E-state index is 0.591. The molecular weight excluding hydrogens is 290 g/mol. The first-order valence-electron chi connectivity index (χ1n) is 5.90. The molecule has 2 aromatic carbocycles. The Hall–Kier alpha value is -1.32. The van der Waals surface area contributed by atoms with Gasteiger partial charge in [-0.25, -0.2) is 0 Å². The molecule has 1 N–H and O–H groups in total. The summed E-state index contributed by atoms with van der Waals surface area (Å²) in [5.74, 6) is 0.919. The highest BCUT2D eigenvalue weighted by molar-refractivity contribution is 9.10. The second-order valence-electron chi connectivity index (χ2n) is 4.02. The van der Waals surface area contributed by atoms with Crippen LogP contribution in [0, 0.1) is 0 Å². The number of benzene rings is 2. The zero-order valence-corrected chi connectivity index (χ0v) is 11.9. The summed E-state index contributed by atoms with van der Waals surface area (Å²) in [5.41, 5.74) is 2.32. The minimum Gasteiger partial charge on any atom is -0.489 e. The van der Waals surface area contributed by atoms with Crippen molar-refractivity contribution in [2.24, 2.45) is 0 Å². The lowest BCUT2D eigenvalue weighted by Gasteiger charge is -2.13. The Morgan fingerprint density at radius 1 is 1.06 bits per heavy atom. The molecule has 0 heterocycles. The third kappa shape index (κ3) is 3.34. The maximum atomic E-state index is 5.89. The van der Waals surface area contributed by atoms with Crippen LogP contribution in [-0.4, -0.2) is 7.05 Å². The number of nitrogens with one attached hydrogen (secondary N) is 1. The monoisotopic (exact) mass is 305 g/mol. The van der Waals surface area contributed by atoms with E-state index in [1.807, 2.05) is 43.4 Å². The van der Waals surface area contributed by atoms with Crippen LogP contribution in [0.1, 0.15) is 11.1 Å². The zero-order valence-electron chi connectivity index (χ0n) is 10.3. The van der Waals surface area contributed by atoms with Gasteiger partial charge in [-0.2, -0.15) is 0 Å². The number of ether oxygens (including phenoxy) is 1. The summed E-state index contributed by atoms with van der Waals surface area (Å²) in [7, 11) is 1.93. The van der Waals surface area contributed by atoms with Crippen LogP contribution in [-0.2, 0) is 13.2 Å². The van der Waals surface area contributed by atoms with Gasteiger partial charge in [0.25, 0.3) is 0 Å². The molecule has 0 aliphatic rings. The van der Waals surface area contributed by atoms with E-state index >= 15 is 0 Å². The van der Waals surface area contributed by atoms with Gasteiger partial charge in [-0.1, -0.05) is 52.3 Å². The van der Waals surface area contributed by atoms with Crippen LogP contribution in [0.3, 0.4) is 0 Å². The molecular formula is C15H16BrNO. The standard InChI is InChI=1S/C15H16BrNO/c1-17-10-13-14(16)8-5-9-15(13)18-11-12-6-3-2-4-7-12/h2-9,17H,10-11H2,1H3. The fraction of sp³-hybridized carbons (Fsp3) is 0.200. The highest BCUT2D eigenvalue weighted by atomic mass is 79.9. The van der Waals surface area contributed by atoms with Gasteiger partial charge in [-0.15, -0.1) is 0 Å². The molecule has 0 aliphatic carbocycles. The van der Waals surface area contributed by atoms with Crippen LogP contribution >= 0.6 is 15.9 Å². The summed E-state index contributed by atoms with van der Waals surface area (Å²) in [6, 6.07) is 16.2.